The number of amides is 1. The molecule has 4 rings (SSSR count). The Hall–Kier alpha value is -2.10. The van der Waals surface area contributed by atoms with Crippen molar-refractivity contribution in [3.8, 4) is 5.75 Å². The van der Waals surface area contributed by atoms with Crippen LogP contribution in [0.25, 0.3) is 10.9 Å². The highest BCUT2D eigenvalue weighted by molar-refractivity contribution is 7.88. The molecule has 1 amide bonds. The number of fused-ring (bicyclic) bond motifs is 1. The lowest BCUT2D eigenvalue weighted by atomic mass is 9.89. The summed E-state index contributed by atoms with van der Waals surface area (Å²) in [6.45, 7) is 3.90. The summed E-state index contributed by atoms with van der Waals surface area (Å²) in [7, 11) is -1.49. The number of methoxy groups -OCH3 is 1. The van der Waals surface area contributed by atoms with E-state index in [-0.39, 0.29) is 5.91 Å². The number of aromatic nitrogens is 1. The van der Waals surface area contributed by atoms with E-state index in [1.807, 2.05) is 6.07 Å². The number of piperidine rings is 1. The SMILES string of the molecule is COc1ccc2[nH]cc(C3CCN(CC(=O)N4CCN(S(C)(=O)=O)CC4)CC3)c2c1. The molecule has 2 aromatic rings. The van der Waals surface area contributed by atoms with E-state index in [1.54, 1.807) is 12.0 Å². The molecule has 1 aromatic carbocycles. The number of nitrogens with one attached hydrogen (secondary N) is 1. The van der Waals surface area contributed by atoms with E-state index < -0.39 is 10.0 Å². The molecule has 0 aliphatic carbocycles. The Bertz CT molecular complexity index is 1000. The summed E-state index contributed by atoms with van der Waals surface area (Å²) in [4.78, 5) is 20.0. The van der Waals surface area contributed by atoms with E-state index in [4.69, 9.17) is 4.74 Å². The Morgan fingerprint density at radius 2 is 1.83 bits per heavy atom. The fraction of sp³-hybridized carbons (Fsp3) is 0.571. The average molecular weight is 435 g/mol. The molecule has 2 aliphatic rings. The smallest absolute Gasteiger partial charge is 0.236 e. The summed E-state index contributed by atoms with van der Waals surface area (Å²) >= 11 is 0. The van der Waals surface area contributed by atoms with Gasteiger partial charge >= 0.3 is 0 Å². The van der Waals surface area contributed by atoms with Crippen LogP contribution in [0.4, 0.5) is 0 Å². The first kappa shape index (κ1) is 21.1. The largest absolute Gasteiger partial charge is 0.497 e. The van der Waals surface area contributed by atoms with E-state index in [9.17, 15) is 13.2 Å². The molecule has 3 heterocycles. The Balaban J connectivity index is 1.31. The molecule has 2 aliphatic heterocycles. The molecule has 0 spiro atoms. The summed E-state index contributed by atoms with van der Waals surface area (Å²) in [5, 5.41) is 1.22. The van der Waals surface area contributed by atoms with Crippen LogP contribution in [0.1, 0.15) is 24.3 Å². The summed E-state index contributed by atoms with van der Waals surface area (Å²) in [6, 6.07) is 6.11. The number of carbonyl (C=O) groups excluding carboxylic acids is 1. The third kappa shape index (κ3) is 4.48. The summed E-state index contributed by atoms with van der Waals surface area (Å²) in [5.41, 5.74) is 2.45. The van der Waals surface area contributed by atoms with Gasteiger partial charge in [-0.1, -0.05) is 0 Å². The van der Waals surface area contributed by atoms with E-state index in [1.165, 1.54) is 21.5 Å². The zero-order chi connectivity index (χ0) is 21.3. The molecule has 0 unspecified atom stereocenters. The van der Waals surface area contributed by atoms with Crippen LogP contribution in [0.5, 0.6) is 5.75 Å². The van der Waals surface area contributed by atoms with E-state index >= 15 is 0 Å². The lowest BCUT2D eigenvalue weighted by Gasteiger charge is -2.36. The molecule has 2 saturated heterocycles. The molecule has 2 fully saturated rings. The van der Waals surface area contributed by atoms with Gasteiger partial charge in [-0.05, 0) is 55.6 Å². The first-order valence-electron chi connectivity index (χ1n) is 10.5. The average Bonchev–Trinajstić information content (AvgIpc) is 3.17. The van der Waals surface area contributed by atoms with Crippen molar-refractivity contribution >= 4 is 26.8 Å². The second-order valence-electron chi connectivity index (χ2n) is 8.25. The van der Waals surface area contributed by atoms with Crippen LogP contribution in [0.3, 0.4) is 0 Å². The van der Waals surface area contributed by atoms with Crippen LogP contribution >= 0.6 is 0 Å². The summed E-state index contributed by atoms with van der Waals surface area (Å²) < 4.78 is 30.1. The van der Waals surface area contributed by atoms with Crippen molar-refractivity contribution in [1.29, 1.82) is 0 Å². The van der Waals surface area contributed by atoms with Gasteiger partial charge in [0.2, 0.25) is 15.9 Å². The fourth-order valence-corrected chi connectivity index (χ4v) is 5.38. The van der Waals surface area contributed by atoms with Gasteiger partial charge in [0.1, 0.15) is 5.75 Å². The third-order valence-corrected chi connectivity index (χ3v) is 7.67. The number of sulfonamides is 1. The van der Waals surface area contributed by atoms with Gasteiger partial charge in [-0.25, -0.2) is 8.42 Å². The minimum absolute atomic E-state index is 0.0958. The van der Waals surface area contributed by atoms with Crippen LogP contribution in [0, 0.1) is 0 Å². The van der Waals surface area contributed by atoms with Crippen LogP contribution in [0.15, 0.2) is 24.4 Å². The number of hydrogen-bond acceptors (Lipinski definition) is 5. The molecule has 0 bridgehead atoms. The Labute approximate surface area is 177 Å². The molecule has 0 saturated carbocycles. The number of hydrogen-bond donors (Lipinski definition) is 1. The predicted molar refractivity (Wildman–Crippen MR) is 116 cm³/mol. The molecule has 30 heavy (non-hydrogen) atoms. The van der Waals surface area contributed by atoms with Crippen LogP contribution in [0.2, 0.25) is 0 Å². The first-order valence-corrected chi connectivity index (χ1v) is 12.3. The van der Waals surface area contributed by atoms with Crippen molar-refractivity contribution in [2.24, 2.45) is 0 Å². The van der Waals surface area contributed by atoms with Gasteiger partial charge < -0.3 is 14.6 Å². The van der Waals surface area contributed by atoms with Crippen molar-refractivity contribution in [2.45, 2.75) is 18.8 Å². The van der Waals surface area contributed by atoms with E-state index in [2.05, 4.69) is 28.2 Å². The molecule has 1 N–H and O–H groups in total. The Morgan fingerprint density at radius 1 is 1.13 bits per heavy atom. The quantitative estimate of drug-likeness (QED) is 0.770. The predicted octanol–water partition coefficient (Wildman–Crippen LogP) is 1.46. The number of aromatic amines is 1. The molecular formula is C21H30N4O4S. The molecule has 9 heteroatoms. The number of H-pyrrole nitrogens is 1. The van der Waals surface area contributed by atoms with Gasteiger partial charge in [0.15, 0.2) is 0 Å². The van der Waals surface area contributed by atoms with E-state index in [0.717, 1.165) is 37.2 Å². The minimum Gasteiger partial charge on any atom is -0.497 e. The fourth-order valence-electron chi connectivity index (χ4n) is 4.55. The van der Waals surface area contributed by atoms with Crippen LogP contribution in [-0.2, 0) is 14.8 Å². The number of nitrogens with zero attached hydrogens (tertiary/aromatic N) is 3. The van der Waals surface area contributed by atoms with Gasteiger partial charge in [0, 0.05) is 43.3 Å². The second kappa shape index (κ2) is 8.56. The standard InChI is InChI=1S/C21H30N4O4S/c1-29-17-3-4-20-18(13-17)19(14-22-20)16-5-7-23(8-6-16)15-21(26)24-9-11-25(12-10-24)30(2,27)28/h3-4,13-14,16,22H,5-12,15H2,1-2H3. The maximum Gasteiger partial charge on any atom is 0.236 e. The third-order valence-electron chi connectivity index (χ3n) is 6.37. The first-order chi connectivity index (χ1) is 14.3. The lowest BCUT2D eigenvalue weighted by molar-refractivity contribution is -0.133. The highest BCUT2D eigenvalue weighted by Crippen LogP contribution is 2.34. The molecule has 1 aromatic heterocycles. The topological polar surface area (TPSA) is 85.9 Å². The maximum atomic E-state index is 12.7. The van der Waals surface area contributed by atoms with Gasteiger partial charge in [0.05, 0.1) is 19.9 Å². The van der Waals surface area contributed by atoms with Crippen LogP contribution in [-0.4, -0.2) is 92.6 Å². The van der Waals surface area contributed by atoms with Gasteiger partial charge in [-0.3, -0.25) is 9.69 Å². The van der Waals surface area contributed by atoms with Crippen molar-refractivity contribution in [2.75, 3.05) is 59.2 Å². The number of piperazine rings is 1. The maximum absolute atomic E-state index is 12.7. The van der Waals surface area contributed by atoms with Gasteiger partial charge in [0.25, 0.3) is 0 Å². The zero-order valence-electron chi connectivity index (χ0n) is 17.6. The van der Waals surface area contributed by atoms with Gasteiger partial charge in [-0.15, -0.1) is 0 Å². The highest BCUT2D eigenvalue weighted by Gasteiger charge is 2.29. The normalized spacial score (nSPS) is 20.0. The monoisotopic (exact) mass is 434 g/mol. The van der Waals surface area contributed by atoms with E-state index in [0.29, 0.717) is 38.6 Å². The number of ether oxygens (including phenoxy) is 1. The van der Waals surface area contributed by atoms with Crippen molar-refractivity contribution in [1.82, 2.24) is 19.1 Å². The van der Waals surface area contributed by atoms with Gasteiger partial charge in [-0.2, -0.15) is 4.31 Å². The van der Waals surface area contributed by atoms with Crippen LogP contribution < -0.4 is 4.74 Å². The van der Waals surface area contributed by atoms with Crippen molar-refractivity contribution < 1.29 is 17.9 Å². The number of benzene rings is 1. The highest BCUT2D eigenvalue weighted by atomic mass is 32.2. The summed E-state index contributed by atoms with van der Waals surface area (Å²) in [6.07, 6.45) is 5.36. The second-order valence-corrected chi connectivity index (χ2v) is 10.2. The molecule has 164 valence electrons. The molecule has 0 radical (unpaired) electrons. The number of rotatable bonds is 5. The lowest BCUT2D eigenvalue weighted by Crippen LogP contribution is -2.52. The summed E-state index contributed by atoms with van der Waals surface area (Å²) in [5.74, 6) is 1.43. The van der Waals surface area contributed by atoms with Crippen molar-refractivity contribution in [3.63, 3.8) is 0 Å². The minimum atomic E-state index is -3.18. The zero-order valence-corrected chi connectivity index (χ0v) is 18.5. The number of likely N-dealkylation sites (tertiary alicyclic amines) is 1. The van der Waals surface area contributed by atoms with Crippen molar-refractivity contribution in [3.05, 3.63) is 30.0 Å². The Morgan fingerprint density at radius 3 is 2.47 bits per heavy atom. The molecular weight excluding hydrogens is 404 g/mol. The number of carbonyl (C=O) groups is 1. The Kier molecular flexibility index (Phi) is 6.04. The molecule has 0 atom stereocenters. The molecule has 8 nitrogen and oxygen atoms in total.